The van der Waals surface area contributed by atoms with Crippen LogP contribution >= 0.6 is 12.4 Å². The molecule has 0 aromatic carbocycles. The number of nitrogens with one attached hydrogen (secondary N) is 1. The van der Waals surface area contributed by atoms with Gasteiger partial charge in [-0.25, -0.2) is 0 Å². The summed E-state index contributed by atoms with van der Waals surface area (Å²) >= 11 is 0. The quantitative estimate of drug-likeness (QED) is 0.717. The van der Waals surface area contributed by atoms with E-state index in [1.807, 2.05) is 19.0 Å². The molecular weight excluding hydrogens is 212 g/mol. The number of halogens is 1. The zero-order valence-electron chi connectivity index (χ0n) is 10.5. The minimum atomic E-state index is 0. The van der Waals surface area contributed by atoms with E-state index in [-0.39, 0.29) is 24.2 Å². The molecule has 15 heavy (non-hydrogen) atoms. The normalized spacial score (nSPS) is 14.3. The lowest BCUT2D eigenvalue weighted by Gasteiger charge is -2.21. The van der Waals surface area contributed by atoms with Gasteiger partial charge in [0.05, 0.1) is 6.67 Å². The van der Waals surface area contributed by atoms with Crippen LogP contribution in [-0.2, 0) is 4.79 Å². The average molecular weight is 237 g/mol. The summed E-state index contributed by atoms with van der Waals surface area (Å²) in [5.41, 5.74) is 0. The van der Waals surface area contributed by atoms with E-state index in [4.69, 9.17) is 0 Å². The van der Waals surface area contributed by atoms with Crippen molar-refractivity contribution in [3.63, 3.8) is 0 Å². The largest absolute Gasteiger partial charge is 0.343 e. The highest BCUT2D eigenvalue weighted by Gasteiger charge is 2.21. The van der Waals surface area contributed by atoms with Crippen molar-refractivity contribution in [3.8, 4) is 0 Å². The van der Waals surface area contributed by atoms with Gasteiger partial charge in [0.1, 0.15) is 0 Å². The van der Waals surface area contributed by atoms with Gasteiger partial charge in [-0.3, -0.25) is 9.69 Å². The predicted molar refractivity (Wildman–Crippen MR) is 67.2 cm³/mol. The number of amides is 1. The van der Waals surface area contributed by atoms with Crippen molar-refractivity contribution in [2.75, 3.05) is 20.8 Å². The van der Waals surface area contributed by atoms with Crippen molar-refractivity contribution in [1.29, 1.82) is 0 Å². The van der Waals surface area contributed by atoms with Crippen LogP contribution in [0.2, 0.25) is 0 Å². The molecule has 0 spiro atoms. The van der Waals surface area contributed by atoms with E-state index >= 15 is 0 Å². The Kier molecular flexibility index (Phi) is 10.3. The molecule has 0 aromatic heterocycles. The lowest BCUT2D eigenvalue weighted by Crippen LogP contribution is -2.39. The van der Waals surface area contributed by atoms with Crippen molar-refractivity contribution in [2.24, 2.45) is 11.8 Å². The van der Waals surface area contributed by atoms with Crippen LogP contribution in [0, 0.1) is 11.8 Å². The monoisotopic (exact) mass is 236 g/mol. The average Bonchev–Trinajstić information content (AvgIpc) is 2.15. The SMILES string of the molecule is CCC(C)C(CC)C(=O)NCN(C)C.Cl. The molecule has 0 heterocycles. The molecule has 92 valence electrons. The van der Waals surface area contributed by atoms with Gasteiger partial charge >= 0.3 is 0 Å². The third-order valence-corrected chi connectivity index (χ3v) is 2.68. The Labute approximate surface area is 100 Å². The fourth-order valence-electron chi connectivity index (χ4n) is 1.50. The maximum atomic E-state index is 11.7. The summed E-state index contributed by atoms with van der Waals surface area (Å²) in [6.07, 6.45) is 1.99. The van der Waals surface area contributed by atoms with Gasteiger partial charge in [0, 0.05) is 5.92 Å². The van der Waals surface area contributed by atoms with E-state index in [1.165, 1.54) is 0 Å². The minimum Gasteiger partial charge on any atom is -0.343 e. The number of nitrogens with zero attached hydrogens (tertiary/aromatic N) is 1. The van der Waals surface area contributed by atoms with Crippen LogP contribution in [0.1, 0.15) is 33.6 Å². The van der Waals surface area contributed by atoms with Gasteiger partial charge in [0.25, 0.3) is 0 Å². The molecule has 0 bridgehead atoms. The summed E-state index contributed by atoms with van der Waals surface area (Å²) in [5, 5.41) is 2.94. The predicted octanol–water partition coefficient (Wildman–Crippen LogP) is 2.12. The number of hydrogen-bond donors (Lipinski definition) is 1. The van der Waals surface area contributed by atoms with Crippen LogP contribution in [0.25, 0.3) is 0 Å². The lowest BCUT2D eigenvalue weighted by molar-refractivity contribution is -0.127. The van der Waals surface area contributed by atoms with Crippen LogP contribution in [-0.4, -0.2) is 31.6 Å². The van der Waals surface area contributed by atoms with Crippen molar-refractivity contribution in [3.05, 3.63) is 0 Å². The highest BCUT2D eigenvalue weighted by atomic mass is 35.5. The van der Waals surface area contributed by atoms with Crippen molar-refractivity contribution < 1.29 is 4.79 Å². The first-order chi connectivity index (χ1) is 6.52. The third kappa shape index (κ3) is 6.74. The van der Waals surface area contributed by atoms with Crippen molar-refractivity contribution in [1.82, 2.24) is 10.2 Å². The van der Waals surface area contributed by atoms with E-state index < -0.39 is 0 Å². The van der Waals surface area contributed by atoms with Crippen LogP contribution in [0.15, 0.2) is 0 Å². The van der Waals surface area contributed by atoms with Crippen LogP contribution < -0.4 is 5.32 Å². The Morgan fingerprint density at radius 2 is 1.80 bits per heavy atom. The van der Waals surface area contributed by atoms with E-state index in [9.17, 15) is 4.79 Å². The van der Waals surface area contributed by atoms with E-state index in [0.717, 1.165) is 12.8 Å². The van der Waals surface area contributed by atoms with Crippen molar-refractivity contribution >= 4 is 18.3 Å². The molecule has 2 unspecified atom stereocenters. The number of hydrogen-bond acceptors (Lipinski definition) is 2. The summed E-state index contributed by atoms with van der Waals surface area (Å²) in [7, 11) is 3.90. The number of rotatable bonds is 6. The molecule has 0 aliphatic heterocycles. The highest BCUT2D eigenvalue weighted by molar-refractivity contribution is 5.85. The second-order valence-corrected chi connectivity index (χ2v) is 4.18. The Hall–Kier alpha value is -0.280. The van der Waals surface area contributed by atoms with Gasteiger partial charge in [0.2, 0.25) is 5.91 Å². The Bertz CT molecular complexity index is 174. The van der Waals surface area contributed by atoms with Gasteiger partial charge in [-0.15, -0.1) is 12.4 Å². The number of carbonyl (C=O) groups is 1. The summed E-state index contributed by atoms with van der Waals surface area (Å²) in [6.45, 7) is 6.98. The zero-order valence-corrected chi connectivity index (χ0v) is 11.4. The molecule has 3 nitrogen and oxygen atoms in total. The zero-order chi connectivity index (χ0) is 11.1. The second-order valence-electron chi connectivity index (χ2n) is 4.18. The second kappa shape index (κ2) is 8.98. The molecule has 0 saturated carbocycles. The highest BCUT2D eigenvalue weighted by Crippen LogP contribution is 2.18. The molecule has 0 aliphatic carbocycles. The molecule has 0 aromatic rings. The van der Waals surface area contributed by atoms with Crippen LogP contribution in [0.5, 0.6) is 0 Å². The Morgan fingerprint density at radius 1 is 1.27 bits per heavy atom. The topological polar surface area (TPSA) is 32.3 Å². The van der Waals surface area contributed by atoms with E-state index in [1.54, 1.807) is 0 Å². The first-order valence-electron chi connectivity index (χ1n) is 5.45. The van der Waals surface area contributed by atoms with Gasteiger partial charge in [-0.1, -0.05) is 27.2 Å². The van der Waals surface area contributed by atoms with Gasteiger partial charge in [-0.05, 0) is 26.4 Å². The molecule has 4 heteroatoms. The fourth-order valence-corrected chi connectivity index (χ4v) is 1.50. The summed E-state index contributed by atoms with van der Waals surface area (Å²) in [5.74, 6) is 0.831. The minimum absolute atomic E-state index is 0. The van der Waals surface area contributed by atoms with Crippen molar-refractivity contribution in [2.45, 2.75) is 33.6 Å². The standard InChI is InChI=1S/C11H24N2O.ClH/c1-6-9(3)10(7-2)11(14)12-8-13(4)5;/h9-10H,6-8H2,1-5H3,(H,12,14);1H. The van der Waals surface area contributed by atoms with Crippen LogP contribution in [0.3, 0.4) is 0 Å². The van der Waals surface area contributed by atoms with Gasteiger partial charge in [0.15, 0.2) is 0 Å². The molecule has 0 aliphatic rings. The maximum Gasteiger partial charge on any atom is 0.224 e. The first-order valence-corrected chi connectivity index (χ1v) is 5.45. The van der Waals surface area contributed by atoms with Crippen LogP contribution in [0.4, 0.5) is 0 Å². The molecule has 1 amide bonds. The Morgan fingerprint density at radius 3 is 2.13 bits per heavy atom. The first kappa shape index (κ1) is 17.1. The van der Waals surface area contributed by atoms with Gasteiger partial charge < -0.3 is 5.32 Å². The fraction of sp³-hybridized carbons (Fsp3) is 0.909. The lowest BCUT2D eigenvalue weighted by atomic mass is 9.89. The summed E-state index contributed by atoms with van der Waals surface area (Å²) in [4.78, 5) is 13.7. The maximum absolute atomic E-state index is 11.7. The third-order valence-electron chi connectivity index (χ3n) is 2.68. The Balaban J connectivity index is 0. The summed E-state index contributed by atoms with van der Waals surface area (Å²) < 4.78 is 0. The molecule has 0 radical (unpaired) electrons. The molecule has 2 atom stereocenters. The van der Waals surface area contributed by atoms with Gasteiger partial charge in [-0.2, -0.15) is 0 Å². The smallest absolute Gasteiger partial charge is 0.224 e. The molecule has 0 fully saturated rings. The van der Waals surface area contributed by atoms with E-state index in [0.29, 0.717) is 12.6 Å². The molecular formula is C11H25ClN2O. The summed E-state index contributed by atoms with van der Waals surface area (Å²) in [6, 6.07) is 0. The number of carbonyl (C=O) groups excluding carboxylic acids is 1. The molecule has 0 saturated heterocycles. The molecule has 0 rings (SSSR count). The van der Waals surface area contributed by atoms with E-state index in [2.05, 4.69) is 26.1 Å². The molecule has 1 N–H and O–H groups in total.